The summed E-state index contributed by atoms with van der Waals surface area (Å²) in [6, 6.07) is 5.41. The van der Waals surface area contributed by atoms with Crippen molar-refractivity contribution in [1.29, 1.82) is 5.26 Å². The number of aliphatic hydroxyl groups is 1. The molecule has 1 aromatic carbocycles. The number of rotatable bonds is 1. The van der Waals surface area contributed by atoms with Crippen LogP contribution in [0.4, 0.5) is 4.79 Å². The monoisotopic (exact) mass is 261 g/mol. The van der Waals surface area contributed by atoms with E-state index < -0.39 is 23.8 Å². The minimum absolute atomic E-state index is 0.422. The van der Waals surface area contributed by atoms with Crippen LogP contribution in [-0.4, -0.2) is 22.8 Å². The van der Waals surface area contributed by atoms with E-state index in [1.165, 1.54) is 0 Å². The lowest BCUT2D eigenvalue weighted by molar-refractivity contribution is -0.0619. The molecule has 6 nitrogen and oxygen atoms in total. The Balaban J connectivity index is 2.52. The van der Waals surface area contributed by atoms with Crippen molar-refractivity contribution in [2.24, 2.45) is 5.73 Å². The first-order chi connectivity index (χ1) is 8.85. The normalized spacial score (nSPS) is 23.7. The third-order valence-corrected chi connectivity index (χ3v) is 3.17. The molecule has 0 saturated carbocycles. The van der Waals surface area contributed by atoms with Crippen LogP contribution in [0.2, 0.25) is 0 Å². The Hall–Kier alpha value is -2.26. The summed E-state index contributed by atoms with van der Waals surface area (Å²) in [4.78, 5) is 11.1. The second-order valence-electron chi connectivity index (χ2n) is 5.00. The van der Waals surface area contributed by atoms with Gasteiger partial charge in [-0.3, -0.25) is 0 Å². The number of nitrogens with two attached hydrogens (primary N) is 1. The highest BCUT2D eigenvalue weighted by Crippen LogP contribution is 2.40. The maximum absolute atomic E-state index is 11.1. The van der Waals surface area contributed by atoms with E-state index in [1.807, 2.05) is 6.07 Å². The van der Waals surface area contributed by atoms with Crippen LogP contribution in [-0.2, 0) is 0 Å². The van der Waals surface area contributed by atoms with Crippen LogP contribution in [0.1, 0.15) is 31.0 Å². The predicted octanol–water partition coefficient (Wildman–Crippen LogP) is 0.800. The number of ether oxygens (including phenoxy) is 1. The van der Waals surface area contributed by atoms with Gasteiger partial charge in [-0.05, 0) is 32.0 Å². The molecule has 0 fully saturated rings. The van der Waals surface area contributed by atoms with E-state index >= 15 is 0 Å². The fraction of sp³-hybridized carbons (Fsp3) is 0.385. The SMILES string of the molecule is CC1(C)Oc2ccc(C#N)cc2C(NC(N)=O)C1O. The van der Waals surface area contributed by atoms with Crippen LogP contribution in [0.5, 0.6) is 5.75 Å². The van der Waals surface area contributed by atoms with Gasteiger partial charge in [0.15, 0.2) is 0 Å². The number of primary amides is 1. The Labute approximate surface area is 110 Å². The molecule has 2 amide bonds. The molecule has 0 aliphatic carbocycles. The lowest BCUT2D eigenvalue weighted by Gasteiger charge is -2.42. The summed E-state index contributed by atoms with van der Waals surface area (Å²) in [6.45, 7) is 3.43. The predicted molar refractivity (Wildman–Crippen MR) is 67.3 cm³/mol. The zero-order valence-electron chi connectivity index (χ0n) is 10.7. The molecule has 0 aromatic heterocycles. The number of nitrogens with zero attached hydrogens (tertiary/aromatic N) is 1. The summed E-state index contributed by atoms with van der Waals surface area (Å²) in [7, 11) is 0. The van der Waals surface area contributed by atoms with Gasteiger partial charge in [0.05, 0.1) is 17.7 Å². The van der Waals surface area contributed by atoms with Gasteiger partial charge in [-0.15, -0.1) is 0 Å². The molecule has 2 rings (SSSR count). The van der Waals surface area contributed by atoms with Crippen molar-refractivity contribution < 1.29 is 14.6 Å². The molecule has 0 radical (unpaired) electrons. The third kappa shape index (κ3) is 2.33. The molecule has 19 heavy (non-hydrogen) atoms. The average molecular weight is 261 g/mol. The van der Waals surface area contributed by atoms with Crippen molar-refractivity contribution in [3.05, 3.63) is 29.3 Å². The van der Waals surface area contributed by atoms with E-state index in [1.54, 1.807) is 32.0 Å². The number of hydrogen-bond donors (Lipinski definition) is 3. The Morgan fingerprint density at radius 3 is 2.84 bits per heavy atom. The van der Waals surface area contributed by atoms with Gasteiger partial charge in [-0.1, -0.05) is 0 Å². The maximum Gasteiger partial charge on any atom is 0.312 e. The molecule has 0 saturated heterocycles. The van der Waals surface area contributed by atoms with Crippen LogP contribution in [0.15, 0.2) is 18.2 Å². The molecule has 1 aliphatic rings. The molecule has 2 atom stereocenters. The molecule has 4 N–H and O–H groups in total. The highest BCUT2D eigenvalue weighted by Gasteiger charge is 2.43. The number of hydrogen-bond acceptors (Lipinski definition) is 4. The number of urea groups is 1. The molecular weight excluding hydrogens is 246 g/mol. The van der Waals surface area contributed by atoms with Gasteiger partial charge in [0.25, 0.3) is 0 Å². The Bertz CT molecular complexity index is 563. The topological polar surface area (TPSA) is 108 Å². The van der Waals surface area contributed by atoms with E-state index in [9.17, 15) is 9.90 Å². The van der Waals surface area contributed by atoms with Gasteiger partial charge in [-0.2, -0.15) is 5.26 Å². The molecule has 1 heterocycles. The number of benzene rings is 1. The number of carbonyl (C=O) groups excluding carboxylic acids is 1. The van der Waals surface area contributed by atoms with Crippen LogP contribution in [0.3, 0.4) is 0 Å². The van der Waals surface area contributed by atoms with Crippen molar-refractivity contribution in [2.45, 2.75) is 31.6 Å². The van der Waals surface area contributed by atoms with Crippen LogP contribution < -0.4 is 15.8 Å². The van der Waals surface area contributed by atoms with Crippen molar-refractivity contribution in [3.63, 3.8) is 0 Å². The summed E-state index contributed by atoms with van der Waals surface area (Å²) in [6.07, 6.45) is -0.971. The van der Waals surface area contributed by atoms with Crippen LogP contribution in [0, 0.1) is 11.3 Å². The van der Waals surface area contributed by atoms with Crippen LogP contribution >= 0.6 is 0 Å². The summed E-state index contributed by atoms with van der Waals surface area (Å²) < 4.78 is 5.69. The molecular formula is C13H15N3O3. The van der Waals surface area contributed by atoms with Gasteiger partial charge < -0.3 is 20.9 Å². The largest absolute Gasteiger partial charge is 0.485 e. The van der Waals surface area contributed by atoms with Crippen molar-refractivity contribution in [3.8, 4) is 11.8 Å². The standard InChI is InChI=1S/C13H15N3O3/c1-13(2)11(17)10(16-12(15)18)8-5-7(6-14)3-4-9(8)19-13/h3-5,10-11,17H,1-2H3,(H3,15,16,18). The van der Waals surface area contributed by atoms with E-state index in [2.05, 4.69) is 5.32 Å². The molecule has 6 heteroatoms. The van der Waals surface area contributed by atoms with Crippen LogP contribution in [0.25, 0.3) is 0 Å². The van der Waals surface area contributed by atoms with Gasteiger partial charge >= 0.3 is 6.03 Å². The first-order valence-corrected chi connectivity index (χ1v) is 5.82. The third-order valence-electron chi connectivity index (χ3n) is 3.17. The number of amides is 2. The Morgan fingerprint density at radius 1 is 1.58 bits per heavy atom. The van der Waals surface area contributed by atoms with E-state index in [-0.39, 0.29) is 0 Å². The Morgan fingerprint density at radius 2 is 2.26 bits per heavy atom. The molecule has 1 aromatic rings. The van der Waals surface area contributed by atoms with E-state index in [0.29, 0.717) is 16.9 Å². The first-order valence-electron chi connectivity index (χ1n) is 5.82. The fourth-order valence-corrected chi connectivity index (χ4v) is 2.18. The fourth-order valence-electron chi connectivity index (χ4n) is 2.18. The second kappa shape index (κ2) is 4.44. The van der Waals surface area contributed by atoms with Crippen molar-refractivity contribution in [1.82, 2.24) is 5.32 Å². The van der Waals surface area contributed by atoms with Gasteiger partial charge in [0, 0.05) is 5.56 Å². The summed E-state index contributed by atoms with van der Waals surface area (Å²) in [5.74, 6) is 0.521. The van der Waals surface area contributed by atoms with Gasteiger partial charge in [0.1, 0.15) is 17.5 Å². The molecule has 0 bridgehead atoms. The number of nitriles is 1. The number of nitrogens with one attached hydrogen (secondary N) is 1. The summed E-state index contributed by atoms with van der Waals surface area (Å²) in [5.41, 5.74) is 5.24. The lowest BCUT2D eigenvalue weighted by atomic mass is 9.86. The zero-order chi connectivity index (χ0) is 14.2. The van der Waals surface area contributed by atoms with Gasteiger partial charge in [0.2, 0.25) is 0 Å². The molecule has 2 unspecified atom stereocenters. The highest BCUT2D eigenvalue weighted by atomic mass is 16.5. The number of carbonyl (C=O) groups is 1. The van der Waals surface area contributed by atoms with E-state index in [0.717, 1.165) is 0 Å². The quantitative estimate of drug-likeness (QED) is 0.694. The minimum Gasteiger partial charge on any atom is -0.485 e. The van der Waals surface area contributed by atoms with Crippen molar-refractivity contribution in [2.75, 3.05) is 0 Å². The first kappa shape index (κ1) is 13.2. The van der Waals surface area contributed by atoms with Crippen molar-refractivity contribution >= 4 is 6.03 Å². The van der Waals surface area contributed by atoms with Gasteiger partial charge in [-0.25, -0.2) is 4.79 Å². The maximum atomic E-state index is 11.1. The van der Waals surface area contributed by atoms with E-state index in [4.69, 9.17) is 15.7 Å². The lowest BCUT2D eigenvalue weighted by Crippen LogP contribution is -2.54. The smallest absolute Gasteiger partial charge is 0.312 e. The summed E-state index contributed by atoms with van der Waals surface area (Å²) >= 11 is 0. The number of fused-ring (bicyclic) bond motifs is 1. The zero-order valence-corrected chi connectivity index (χ0v) is 10.7. The average Bonchev–Trinajstić information content (AvgIpc) is 2.34. The highest BCUT2D eigenvalue weighted by molar-refractivity contribution is 5.72. The molecule has 1 aliphatic heterocycles. The number of aliphatic hydroxyl groups excluding tert-OH is 1. The molecule has 100 valence electrons. The molecule has 0 spiro atoms. The summed E-state index contributed by atoms with van der Waals surface area (Å²) in [5, 5.41) is 21.7. The Kier molecular flexibility index (Phi) is 3.08. The second-order valence-corrected chi connectivity index (χ2v) is 5.00. The minimum atomic E-state index is -0.971.